The summed E-state index contributed by atoms with van der Waals surface area (Å²) in [7, 11) is -3.52. The highest BCUT2D eigenvalue weighted by Crippen LogP contribution is 2.47. The van der Waals surface area contributed by atoms with Gasteiger partial charge in [0, 0.05) is 17.5 Å². The summed E-state index contributed by atoms with van der Waals surface area (Å²) in [4.78, 5) is 5.85. The van der Waals surface area contributed by atoms with Gasteiger partial charge in [0.1, 0.15) is 0 Å². The predicted octanol–water partition coefficient (Wildman–Crippen LogP) is 3.74. The minimum atomic E-state index is -3.52. The molecule has 0 atom stereocenters. The molecule has 0 saturated carbocycles. The van der Waals surface area contributed by atoms with Crippen molar-refractivity contribution < 1.29 is 12.8 Å². The topological polar surface area (TPSA) is 53.8 Å². The number of sulfonamides is 1. The van der Waals surface area contributed by atoms with Gasteiger partial charge >= 0.3 is 0 Å². The lowest BCUT2D eigenvalue weighted by Crippen LogP contribution is -2.48. The number of nitrogens with zero attached hydrogens (tertiary/aromatic N) is 2. The Kier molecular flexibility index (Phi) is 5.99. The lowest BCUT2D eigenvalue weighted by Gasteiger charge is -2.46. The molecule has 7 heteroatoms. The van der Waals surface area contributed by atoms with Crippen molar-refractivity contribution in [2.75, 3.05) is 30.6 Å². The number of hydrogen-bond donors (Lipinski definition) is 1. The van der Waals surface area contributed by atoms with Crippen LogP contribution in [0, 0.1) is 23.2 Å². The van der Waals surface area contributed by atoms with Gasteiger partial charge in [-0.15, -0.1) is 0 Å². The fourth-order valence-corrected chi connectivity index (χ4v) is 4.21. The second-order valence-electron chi connectivity index (χ2n) is 8.28. The molecule has 1 aliphatic rings. The summed E-state index contributed by atoms with van der Waals surface area (Å²) in [6, 6.07) is 4.78. The van der Waals surface area contributed by atoms with Crippen molar-refractivity contribution >= 4 is 15.7 Å². The molecule has 1 fully saturated rings. The Labute approximate surface area is 156 Å². The molecule has 1 N–H and O–H groups in total. The third kappa shape index (κ3) is 4.74. The third-order valence-electron chi connectivity index (χ3n) is 5.55. The van der Waals surface area contributed by atoms with Gasteiger partial charge in [-0.25, -0.2) is 19.4 Å². The molecule has 0 unspecified atom stereocenters. The Morgan fingerprint density at radius 2 is 1.92 bits per heavy atom. The smallest absolute Gasteiger partial charge is 0.229 e. The number of hydrogen-bond acceptors (Lipinski definition) is 3. The molecule has 144 valence electrons. The lowest BCUT2D eigenvalue weighted by molar-refractivity contribution is 0.0170. The first-order chi connectivity index (χ1) is 12.0. The van der Waals surface area contributed by atoms with Gasteiger partial charge in [-0.05, 0) is 37.4 Å². The summed E-state index contributed by atoms with van der Waals surface area (Å²) in [5, 5.41) is 0. The van der Waals surface area contributed by atoms with E-state index in [2.05, 4.69) is 35.2 Å². The zero-order chi connectivity index (χ0) is 19.6. The number of piperidine rings is 1. The van der Waals surface area contributed by atoms with Gasteiger partial charge in [0.2, 0.25) is 16.6 Å². The van der Waals surface area contributed by atoms with Crippen molar-refractivity contribution in [3.05, 3.63) is 41.0 Å². The average molecular weight is 382 g/mol. The van der Waals surface area contributed by atoms with E-state index in [0.717, 1.165) is 32.2 Å². The molecule has 5 nitrogen and oxygen atoms in total. The maximum Gasteiger partial charge on any atom is 0.229 e. The van der Waals surface area contributed by atoms with E-state index in [-0.39, 0.29) is 16.5 Å². The average Bonchev–Trinajstić information content (AvgIpc) is 2.51. The monoisotopic (exact) mass is 381 g/mol. The standard InChI is InChI=1S/C19H28FN3O2S/c1-18(2,3)19(14-21-4)9-11-23(12-10-19)13-15-7-6-8-16(17(15)20)22-26(5,24)25/h6-8,22H,9-14H2,1-3,5H3. The fraction of sp³-hybridized carbons (Fsp3) is 0.632. The van der Waals surface area contributed by atoms with Crippen LogP contribution in [0.15, 0.2) is 18.2 Å². The number of rotatable bonds is 5. The van der Waals surface area contributed by atoms with Gasteiger partial charge in [0.05, 0.1) is 11.9 Å². The third-order valence-corrected chi connectivity index (χ3v) is 6.14. The van der Waals surface area contributed by atoms with Crippen LogP contribution in [0.4, 0.5) is 10.1 Å². The predicted molar refractivity (Wildman–Crippen MR) is 103 cm³/mol. The highest BCUT2D eigenvalue weighted by atomic mass is 32.2. The van der Waals surface area contributed by atoms with E-state index in [1.165, 1.54) is 6.07 Å². The summed E-state index contributed by atoms with van der Waals surface area (Å²) in [5.74, 6) is -0.522. The van der Waals surface area contributed by atoms with Gasteiger partial charge in [0.15, 0.2) is 5.82 Å². The van der Waals surface area contributed by atoms with Crippen LogP contribution in [-0.2, 0) is 16.6 Å². The second-order valence-corrected chi connectivity index (χ2v) is 10.0. The summed E-state index contributed by atoms with van der Waals surface area (Å²) in [6.07, 6.45) is 2.82. The molecule has 26 heavy (non-hydrogen) atoms. The number of nitrogens with one attached hydrogen (secondary N) is 1. The van der Waals surface area contributed by atoms with Crippen molar-refractivity contribution in [3.8, 4) is 0 Å². The first-order valence-electron chi connectivity index (χ1n) is 8.78. The second kappa shape index (κ2) is 7.53. The molecule has 1 heterocycles. The first-order valence-corrected chi connectivity index (χ1v) is 10.7. The van der Waals surface area contributed by atoms with Gasteiger partial charge in [-0.2, -0.15) is 0 Å². The Morgan fingerprint density at radius 3 is 2.42 bits per heavy atom. The maximum absolute atomic E-state index is 14.6. The Morgan fingerprint density at radius 1 is 1.31 bits per heavy atom. The quantitative estimate of drug-likeness (QED) is 0.791. The van der Waals surface area contributed by atoms with Gasteiger partial charge in [0.25, 0.3) is 0 Å². The molecule has 1 aromatic carbocycles. The summed E-state index contributed by atoms with van der Waals surface area (Å²) in [6.45, 7) is 16.4. The number of likely N-dealkylation sites (tertiary alicyclic amines) is 1. The van der Waals surface area contributed by atoms with E-state index in [0.29, 0.717) is 18.7 Å². The molecule has 1 saturated heterocycles. The van der Waals surface area contributed by atoms with E-state index in [1.54, 1.807) is 12.1 Å². The Balaban J connectivity index is 2.11. The summed E-state index contributed by atoms with van der Waals surface area (Å²) < 4.78 is 39.6. The molecule has 1 aromatic rings. The Bertz CT molecular complexity index is 786. The zero-order valence-corrected chi connectivity index (χ0v) is 16.8. The number of halogens is 1. The molecule has 0 aliphatic carbocycles. The highest BCUT2D eigenvalue weighted by molar-refractivity contribution is 7.92. The van der Waals surface area contributed by atoms with E-state index in [1.807, 2.05) is 0 Å². The minimum absolute atomic E-state index is 0.0104. The van der Waals surface area contributed by atoms with Crippen LogP contribution < -0.4 is 4.72 Å². The van der Waals surface area contributed by atoms with Crippen LogP contribution in [-0.4, -0.2) is 39.2 Å². The zero-order valence-electron chi connectivity index (χ0n) is 16.0. The van der Waals surface area contributed by atoms with Crippen molar-refractivity contribution in [2.24, 2.45) is 10.8 Å². The molecule has 0 radical (unpaired) electrons. The molecule has 2 rings (SSSR count). The fourth-order valence-electron chi connectivity index (χ4n) is 3.66. The minimum Gasteiger partial charge on any atom is -0.316 e. The van der Waals surface area contributed by atoms with Crippen LogP contribution in [0.25, 0.3) is 4.85 Å². The van der Waals surface area contributed by atoms with E-state index in [9.17, 15) is 12.8 Å². The summed E-state index contributed by atoms with van der Waals surface area (Å²) in [5.41, 5.74) is 0.503. The highest BCUT2D eigenvalue weighted by Gasteiger charge is 2.46. The lowest BCUT2D eigenvalue weighted by atomic mass is 9.61. The number of benzene rings is 1. The molecular formula is C19H28FN3O2S. The van der Waals surface area contributed by atoms with Crippen LogP contribution >= 0.6 is 0 Å². The largest absolute Gasteiger partial charge is 0.316 e. The van der Waals surface area contributed by atoms with Gasteiger partial charge < -0.3 is 4.85 Å². The van der Waals surface area contributed by atoms with E-state index < -0.39 is 15.8 Å². The number of anilines is 1. The van der Waals surface area contributed by atoms with Crippen molar-refractivity contribution in [2.45, 2.75) is 40.2 Å². The van der Waals surface area contributed by atoms with Crippen molar-refractivity contribution in [1.82, 2.24) is 4.90 Å². The first kappa shape index (κ1) is 20.7. The van der Waals surface area contributed by atoms with Crippen LogP contribution in [0.2, 0.25) is 0 Å². The maximum atomic E-state index is 14.6. The normalized spacial score (nSPS) is 18.3. The molecule has 0 bridgehead atoms. The van der Waals surface area contributed by atoms with Crippen molar-refractivity contribution in [3.63, 3.8) is 0 Å². The van der Waals surface area contributed by atoms with Crippen LogP contribution in [0.3, 0.4) is 0 Å². The van der Waals surface area contributed by atoms with E-state index >= 15 is 0 Å². The Hall–Kier alpha value is -1.65. The SMILES string of the molecule is [C-]#[N+]CC1(C(C)(C)C)CCN(Cc2cccc(NS(C)(=O)=O)c2F)CC1. The molecule has 0 aromatic heterocycles. The van der Waals surface area contributed by atoms with Crippen LogP contribution in [0.5, 0.6) is 0 Å². The van der Waals surface area contributed by atoms with Crippen LogP contribution in [0.1, 0.15) is 39.2 Å². The molecule has 0 spiro atoms. The van der Waals surface area contributed by atoms with Crippen molar-refractivity contribution in [1.29, 1.82) is 0 Å². The molecular weight excluding hydrogens is 353 g/mol. The molecule has 0 amide bonds. The van der Waals surface area contributed by atoms with E-state index in [4.69, 9.17) is 6.57 Å². The summed E-state index contributed by atoms with van der Waals surface area (Å²) >= 11 is 0. The molecule has 1 aliphatic heterocycles. The van der Waals surface area contributed by atoms with Gasteiger partial charge in [-0.3, -0.25) is 9.62 Å². The van der Waals surface area contributed by atoms with Gasteiger partial charge in [-0.1, -0.05) is 32.9 Å².